The van der Waals surface area contributed by atoms with Crippen molar-refractivity contribution < 1.29 is 22.8 Å². The minimum absolute atomic E-state index is 0.0817. The fourth-order valence-electron chi connectivity index (χ4n) is 2.59. The van der Waals surface area contributed by atoms with Gasteiger partial charge in [-0.05, 0) is 31.0 Å². The SMILES string of the molecule is CCc1ccccc1NC(=O)CNC(=O)CSc1nc(C)cc(C(F)(F)F)c1C#N. The molecule has 2 rings (SSSR count). The fraction of sp³-hybridized carbons (Fsp3) is 0.300. The summed E-state index contributed by atoms with van der Waals surface area (Å²) in [5.74, 6) is -1.29. The van der Waals surface area contributed by atoms with Gasteiger partial charge in [-0.3, -0.25) is 9.59 Å². The third kappa shape index (κ3) is 6.22. The summed E-state index contributed by atoms with van der Waals surface area (Å²) in [6, 6.07) is 9.56. The molecule has 0 radical (unpaired) electrons. The van der Waals surface area contributed by atoms with Crippen LogP contribution in [-0.2, 0) is 22.2 Å². The lowest BCUT2D eigenvalue weighted by atomic mass is 10.1. The van der Waals surface area contributed by atoms with Crippen molar-refractivity contribution in [2.24, 2.45) is 0 Å². The maximum Gasteiger partial charge on any atom is 0.417 e. The maximum atomic E-state index is 13.1. The molecule has 0 spiro atoms. The van der Waals surface area contributed by atoms with Gasteiger partial charge >= 0.3 is 6.18 Å². The van der Waals surface area contributed by atoms with Gasteiger partial charge in [0.2, 0.25) is 11.8 Å². The van der Waals surface area contributed by atoms with Gasteiger partial charge in [0.15, 0.2) is 0 Å². The number of carbonyl (C=O) groups excluding carboxylic acids is 2. The molecule has 2 amide bonds. The molecule has 0 fully saturated rings. The van der Waals surface area contributed by atoms with Crippen molar-refractivity contribution >= 4 is 29.3 Å². The molecule has 2 aromatic rings. The molecule has 1 aromatic heterocycles. The van der Waals surface area contributed by atoms with E-state index < -0.39 is 29.1 Å². The Bertz CT molecular complexity index is 987. The minimum atomic E-state index is -4.71. The molecule has 1 aromatic carbocycles. The van der Waals surface area contributed by atoms with Gasteiger partial charge < -0.3 is 10.6 Å². The fourth-order valence-corrected chi connectivity index (χ4v) is 3.47. The van der Waals surface area contributed by atoms with Gasteiger partial charge in [-0.15, -0.1) is 0 Å². The van der Waals surface area contributed by atoms with Crippen LogP contribution in [0.15, 0.2) is 35.4 Å². The number of rotatable bonds is 7. The van der Waals surface area contributed by atoms with Gasteiger partial charge in [0.05, 0.1) is 23.4 Å². The number of para-hydroxylation sites is 1. The maximum absolute atomic E-state index is 13.1. The second kappa shape index (κ2) is 10.1. The zero-order valence-corrected chi connectivity index (χ0v) is 17.1. The highest BCUT2D eigenvalue weighted by Crippen LogP contribution is 2.35. The molecule has 0 aliphatic carbocycles. The number of hydrogen-bond acceptors (Lipinski definition) is 5. The summed E-state index contributed by atoms with van der Waals surface area (Å²) in [6.45, 7) is 3.03. The molecule has 10 heteroatoms. The first-order valence-corrected chi connectivity index (χ1v) is 9.90. The Morgan fingerprint density at radius 2 is 1.93 bits per heavy atom. The summed E-state index contributed by atoms with van der Waals surface area (Å²) < 4.78 is 39.4. The Morgan fingerprint density at radius 1 is 1.23 bits per heavy atom. The van der Waals surface area contributed by atoms with Crippen LogP contribution in [-0.4, -0.2) is 29.1 Å². The first-order chi connectivity index (χ1) is 14.2. The Labute approximate surface area is 175 Å². The number of pyridine rings is 1. The van der Waals surface area contributed by atoms with Gasteiger partial charge in [-0.25, -0.2) is 4.98 Å². The summed E-state index contributed by atoms with van der Waals surface area (Å²) in [5.41, 5.74) is -0.0360. The zero-order valence-electron chi connectivity index (χ0n) is 16.3. The molecule has 0 aliphatic rings. The molecule has 2 N–H and O–H groups in total. The number of aromatic nitrogens is 1. The molecule has 0 saturated heterocycles. The van der Waals surface area contributed by atoms with Crippen molar-refractivity contribution in [1.82, 2.24) is 10.3 Å². The van der Waals surface area contributed by atoms with Crippen LogP contribution < -0.4 is 10.6 Å². The first-order valence-electron chi connectivity index (χ1n) is 8.91. The number of halogens is 3. The van der Waals surface area contributed by atoms with E-state index in [4.69, 9.17) is 5.26 Å². The second-order valence-corrected chi connectivity index (χ2v) is 7.19. The molecule has 6 nitrogen and oxygen atoms in total. The van der Waals surface area contributed by atoms with Crippen LogP contribution in [0, 0.1) is 18.3 Å². The number of alkyl halides is 3. The molecular formula is C20H19F3N4O2S. The Kier molecular flexibility index (Phi) is 7.83. The minimum Gasteiger partial charge on any atom is -0.346 e. The Balaban J connectivity index is 1.96. The van der Waals surface area contributed by atoms with E-state index in [0.717, 1.165) is 18.1 Å². The lowest BCUT2D eigenvalue weighted by molar-refractivity contribution is -0.138. The summed E-state index contributed by atoms with van der Waals surface area (Å²) in [4.78, 5) is 28.0. The molecule has 158 valence electrons. The smallest absolute Gasteiger partial charge is 0.346 e. The number of amides is 2. The van der Waals surface area contributed by atoms with E-state index in [-0.39, 0.29) is 23.0 Å². The largest absolute Gasteiger partial charge is 0.417 e. The van der Waals surface area contributed by atoms with Gasteiger partial charge in [0, 0.05) is 11.4 Å². The van der Waals surface area contributed by atoms with Gasteiger partial charge in [-0.1, -0.05) is 36.9 Å². The van der Waals surface area contributed by atoms with Crippen molar-refractivity contribution in [2.45, 2.75) is 31.5 Å². The lowest BCUT2D eigenvalue weighted by Gasteiger charge is -2.13. The second-order valence-electron chi connectivity index (χ2n) is 6.23. The van der Waals surface area contributed by atoms with Crippen LogP contribution in [0.25, 0.3) is 0 Å². The van der Waals surface area contributed by atoms with Crippen molar-refractivity contribution in [3.05, 3.63) is 52.7 Å². The van der Waals surface area contributed by atoms with Crippen LogP contribution in [0.3, 0.4) is 0 Å². The number of benzene rings is 1. The molecule has 0 aliphatic heterocycles. The number of nitrogens with zero attached hydrogens (tertiary/aromatic N) is 2. The van der Waals surface area contributed by atoms with E-state index in [1.807, 2.05) is 19.1 Å². The van der Waals surface area contributed by atoms with Crippen molar-refractivity contribution in [1.29, 1.82) is 5.26 Å². The predicted molar refractivity (Wildman–Crippen MR) is 107 cm³/mol. The Hall–Kier alpha value is -3.06. The third-order valence-corrected chi connectivity index (χ3v) is 4.97. The number of aryl methyl sites for hydroxylation is 2. The molecular weight excluding hydrogens is 417 g/mol. The Morgan fingerprint density at radius 3 is 2.57 bits per heavy atom. The topological polar surface area (TPSA) is 94.9 Å². The normalized spacial score (nSPS) is 10.9. The third-order valence-electron chi connectivity index (χ3n) is 3.99. The molecule has 0 saturated carbocycles. The number of nitriles is 1. The quantitative estimate of drug-likeness (QED) is 0.646. The number of nitrogens with one attached hydrogen (secondary N) is 2. The zero-order chi connectivity index (χ0) is 22.3. The van der Waals surface area contributed by atoms with Gasteiger partial charge in [-0.2, -0.15) is 18.4 Å². The van der Waals surface area contributed by atoms with Crippen LogP contribution in [0.4, 0.5) is 18.9 Å². The van der Waals surface area contributed by atoms with Crippen molar-refractivity contribution in [2.75, 3.05) is 17.6 Å². The van der Waals surface area contributed by atoms with Crippen LogP contribution in [0.2, 0.25) is 0 Å². The van der Waals surface area contributed by atoms with Crippen molar-refractivity contribution in [3.8, 4) is 6.07 Å². The molecule has 0 bridgehead atoms. The lowest BCUT2D eigenvalue weighted by Crippen LogP contribution is -2.34. The number of thioether (sulfide) groups is 1. The molecule has 0 atom stereocenters. The van der Waals surface area contributed by atoms with Gasteiger partial charge in [0.25, 0.3) is 0 Å². The number of anilines is 1. The van der Waals surface area contributed by atoms with E-state index in [1.165, 1.54) is 13.0 Å². The van der Waals surface area contributed by atoms with Crippen LogP contribution in [0.5, 0.6) is 0 Å². The first kappa shape index (κ1) is 23.2. The monoisotopic (exact) mass is 436 g/mol. The van der Waals surface area contributed by atoms with Gasteiger partial charge in [0.1, 0.15) is 11.1 Å². The predicted octanol–water partition coefficient (Wildman–Crippen LogP) is 3.69. The van der Waals surface area contributed by atoms with E-state index in [9.17, 15) is 22.8 Å². The highest BCUT2D eigenvalue weighted by Gasteiger charge is 2.35. The molecule has 30 heavy (non-hydrogen) atoms. The number of hydrogen-bond donors (Lipinski definition) is 2. The van der Waals surface area contributed by atoms with Crippen molar-refractivity contribution in [3.63, 3.8) is 0 Å². The summed E-state index contributed by atoms with van der Waals surface area (Å²) in [6.07, 6.45) is -3.98. The van der Waals surface area contributed by atoms with Crippen LogP contribution in [0.1, 0.15) is 29.3 Å². The average molecular weight is 436 g/mol. The van der Waals surface area contributed by atoms with E-state index in [1.54, 1.807) is 12.1 Å². The summed E-state index contributed by atoms with van der Waals surface area (Å²) in [5, 5.41) is 14.0. The van der Waals surface area contributed by atoms with E-state index in [2.05, 4.69) is 15.6 Å². The number of carbonyl (C=O) groups is 2. The van der Waals surface area contributed by atoms with Crippen LogP contribution >= 0.6 is 11.8 Å². The highest BCUT2D eigenvalue weighted by atomic mass is 32.2. The molecule has 1 heterocycles. The molecule has 0 unspecified atom stereocenters. The standard InChI is InChI=1S/C20H19F3N4O2S/c1-3-13-6-4-5-7-16(13)27-17(28)10-25-18(29)11-30-19-14(9-24)15(20(21,22)23)8-12(2)26-19/h4-8H,3,10-11H2,1-2H3,(H,25,29)(H,27,28). The highest BCUT2D eigenvalue weighted by molar-refractivity contribution is 8.00. The average Bonchev–Trinajstić information content (AvgIpc) is 2.70. The van der Waals surface area contributed by atoms with E-state index >= 15 is 0 Å². The van der Waals surface area contributed by atoms with E-state index in [0.29, 0.717) is 17.4 Å². The summed E-state index contributed by atoms with van der Waals surface area (Å²) in [7, 11) is 0. The summed E-state index contributed by atoms with van der Waals surface area (Å²) >= 11 is 0.709.